The fourth-order valence-corrected chi connectivity index (χ4v) is 1.41. The van der Waals surface area contributed by atoms with Gasteiger partial charge in [-0.15, -0.1) is 10.2 Å². The van der Waals surface area contributed by atoms with Gasteiger partial charge in [0.2, 0.25) is 11.8 Å². The van der Waals surface area contributed by atoms with Gasteiger partial charge in [-0.3, -0.25) is 0 Å². The van der Waals surface area contributed by atoms with Gasteiger partial charge in [0, 0.05) is 12.0 Å². The standard InChI is InChI=1S/C13H14N2O4/c1-3-11-14-15-13(19-11)9-4-6-10(7-5-9)18-8-12(16)17-2/h4-7H,3,8H2,1-2H3. The predicted molar refractivity (Wildman–Crippen MR) is 66.6 cm³/mol. The number of carbonyl (C=O) groups excluding carboxylic acids is 1. The molecule has 0 amide bonds. The lowest BCUT2D eigenvalue weighted by molar-refractivity contribution is -0.142. The van der Waals surface area contributed by atoms with Gasteiger partial charge < -0.3 is 13.9 Å². The molecule has 0 saturated carbocycles. The van der Waals surface area contributed by atoms with Crippen LogP contribution in [0.3, 0.4) is 0 Å². The normalized spacial score (nSPS) is 10.2. The highest BCUT2D eigenvalue weighted by Crippen LogP contribution is 2.21. The Morgan fingerprint density at radius 2 is 2.00 bits per heavy atom. The molecule has 2 rings (SSSR count). The van der Waals surface area contributed by atoms with Crippen molar-refractivity contribution in [2.75, 3.05) is 13.7 Å². The van der Waals surface area contributed by atoms with E-state index in [2.05, 4.69) is 14.9 Å². The molecule has 0 fully saturated rings. The number of nitrogens with zero attached hydrogens (tertiary/aromatic N) is 2. The van der Waals surface area contributed by atoms with Crippen LogP contribution in [0.1, 0.15) is 12.8 Å². The van der Waals surface area contributed by atoms with Crippen molar-refractivity contribution in [1.82, 2.24) is 10.2 Å². The van der Waals surface area contributed by atoms with Crippen molar-refractivity contribution < 1.29 is 18.7 Å². The fourth-order valence-electron chi connectivity index (χ4n) is 1.41. The largest absolute Gasteiger partial charge is 0.482 e. The third-order valence-corrected chi connectivity index (χ3v) is 2.45. The van der Waals surface area contributed by atoms with E-state index in [-0.39, 0.29) is 6.61 Å². The van der Waals surface area contributed by atoms with E-state index in [0.29, 0.717) is 24.0 Å². The van der Waals surface area contributed by atoms with Gasteiger partial charge in [0.1, 0.15) is 5.75 Å². The molecule has 0 bridgehead atoms. The third kappa shape index (κ3) is 3.31. The molecule has 0 saturated heterocycles. The molecule has 0 unspecified atom stereocenters. The molecule has 0 spiro atoms. The highest BCUT2D eigenvalue weighted by Gasteiger charge is 2.07. The second kappa shape index (κ2) is 5.99. The van der Waals surface area contributed by atoms with E-state index in [1.165, 1.54) is 7.11 Å². The maximum absolute atomic E-state index is 10.9. The van der Waals surface area contributed by atoms with Crippen molar-refractivity contribution in [3.8, 4) is 17.2 Å². The maximum atomic E-state index is 10.9. The lowest BCUT2D eigenvalue weighted by Crippen LogP contribution is -2.12. The second-order valence-corrected chi connectivity index (χ2v) is 3.74. The molecular formula is C13H14N2O4. The summed E-state index contributed by atoms with van der Waals surface area (Å²) in [5.41, 5.74) is 0.803. The maximum Gasteiger partial charge on any atom is 0.343 e. The first-order valence-electron chi connectivity index (χ1n) is 5.85. The lowest BCUT2D eigenvalue weighted by Gasteiger charge is -2.04. The van der Waals surface area contributed by atoms with Crippen LogP contribution in [0, 0.1) is 0 Å². The zero-order valence-electron chi connectivity index (χ0n) is 10.8. The van der Waals surface area contributed by atoms with E-state index in [0.717, 1.165) is 5.56 Å². The Kier molecular flexibility index (Phi) is 4.12. The molecule has 6 nitrogen and oxygen atoms in total. The summed E-state index contributed by atoms with van der Waals surface area (Å²) < 4.78 is 15.2. The number of rotatable bonds is 5. The molecule has 1 heterocycles. The van der Waals surface area contributed by atoms with E-state index < -0.39 is 5.97 Å². The van der Waals surface area contributed by atoms with Crippen molar-refractivity contribution >= 4 is 5.97 Å². The average molecular weight is 262 g/mol. The van der Waals surface area contributed by atoms with Gasteiger partial charge in [-0.25, -0.2) is 4.79 Å². The Labute approximate surface area is 110 Å². The van der Waals surface area contributed by atoms with Crippen molar-refractivity contribution in [3.63, 3.8) is 0 Å². The molecule has 1 aromatic heterocycles. The summed E-state index contributed by atoms with van der Waals surface area (Å²) in [6, 6.07) is 7.04. The van der Waals surface area contributed by atoms with Gasteiger partial charge in [-0.2, -0.15) is 0 Å². The van der Waals surface area contributed by atoms with Gasteiger partial charge in [0.25, 0.3) is 0 Å². The minimum Gasteiger partial charge on any atom is -0.482 e. The molecule has 100 valence electrons. The van der Waals surface area contributed by atoms with Crippen LogP contribution in [0.5, 0.6) is 5.75 Å². The number of aryl methyl sites for hydroxylation is 1. The predicted octanol–water partition coefficient (Wildman–Crippen LogP) is 1.85. The SMILES string of the molecule is CCc1nnc(-c2ccc(OCC(=O)OC)cc2)o1. The van der Waals surface area contributed by atoms with E-state index in [9.17, 15) is 4.79 Å². The van der Waals surface area contributed by atoms with Crippen molar-refractivity contribution in [2.45, 2.75) is 13.3 Å². The monoisotopic (exact) mass is 262 g/mol. The first kappa shape index (κ1) is 13.1. The number of ether oxygens (including phenoxy) is 2. The molecule has 0 aliphatic rings. The smallest absolute Gasteiger partial charge is 0.343 e. The summed E-state index contributed by atoms with van der Waals surface area (Å²) >= 11 is 0. The average Bonchev–Trinajstić information content (AvgIpc) is 2.94. The van der Waals surface area contributed by atoms with Crippen LogP contribution in [0.2, 0.25) is 0 Å². The molecule has 0 N–H and O–H groups in total. The van der Waals surface area contributed by atoms with Crippen molar-refractivity contribution in [2.24, 2.45) is 0 Å². The summed E-state index contributed by atoms with van der Waals surface area (Å²) in [6.45, 7) is 1.83. The summed E-state index contributed by atoms with van der Waals surface area (Å²) in [6.07, 6.45) is 0.702. The number of hydrogen-bond acceptors (Lipinski definition) is 6. The second-order valence-electron chi connectivity index (χ2n) is 3.74. The van der Waals surface area contributed by atoms with Crippen LogP contribution in [0.15, 0.2) is 28.7 Å². The quantitative estimate of drug-likeness (QED) is 0.765. The van der Waals surface area contributed by atoms with Crippen molar-refractivity contribution in [3.05, 3.63) is 30.2 Å². The van der Waals surface area contributed by atoms with Gasteiger partial charge in [0.05, 0.1) is 7.11 Å². The minimum absolute atomic E-state index is 0.115. The number of aromatic nitrogens is 2. The summed E-state index contributed by atoms with van der Waals surface area (Å²) in [5, 5.41) is 7.84. The molecule has 0 atom stereocenters. The van der Waals surface area contributed by atoms with Crippen LogP contribution in [0.4, 0.5) is 0 Å². The van der Waals surface area contributed by atoms with Crippen LogP contribution in [-0.2, 0) is 16.0 Å². The van der Waals surface area contributed by atoms with E-state index in [1.807, 2.05) is 6.92 Å². The zero-order chi connectivity index (χ0) is 13.7. The molecule has 6 heteroatoms. The molecule has 19 heavy (non-hydrogen) atoms. The van der Waals surface area contributed by atoms with Gasteiger partial charge in [0.15, 0.2) is 6.61 Å². The molecule has 0 aliphatic carbocycles. The number of methoxy groups -OCH3 is 1. The summed E-state index contributed by atoms with van der Waals surface area (Å²) in [4.78, 5) is 10.9. The fraction of sp³-hybridized carbons (Fsp3) is 0.308. The Morgan fingerprint density at radius 1 is 1.26 bits per heavy atom. The van der Waals surface area contributed by atoms with Crippen LogP contribution < -0.4 is 4.74 Å². The Bertz CT molecular complexity index is 548. The minimum atomic E-state index is -0.423. The zero-order valence-corrected chi connectivity index (χ0v) is 10.8. The number of esters is 1. The number of benzene rings is 1. The highest BCUT2D eigenvalue weighted by molar-refractivity contribution is 5.70. The Morgan fingerprint density at radius 3 is 2.58 bits per heavy atom. The highest BCUT2D eigenvalue weighted by atomic mass is 16.6. The lowest BCUT2D eigenvalue weighted by atomic mass is 10.2. The Balaban J connectivity index is 2.03. The van der Waals surface area contributed by atoms with Crippen LogP contribution >= 0.6 is 0 Å². The van der Waals surface area contributed by atoms with E-state index in [1.54, 1.807) is 24.3 Å². The van der Waals surface area contributed by atoms with Gasteiger partial charge in [-0.1, -0.05) is 6.92 Å². The summed E-state index contributed by atoms with van der Waals surface area (Å²) in [7, 11) is 1.32. The first-order valence-corrected chi connectivity index (χ1v) is 5.85. The Hall–Kier alpha value is -2.37. The van der Waals surface area contributed by atoms with Crippen LogP contribution in [0.25, 0.3) is 11.5 Å². The molecular weight excluding hydrogens is 248 g/mol. The van der Waals surface area contributed by atoms with Gasteiger partial charge >= 0.3 is 5.97 Å². The first-order chi connectivity index (χ1) is 9.22. The third-order valence-electron chi connectivity index (χ3n) is 2.45. The van der Waals surface area contributed by atoms with Gasteiger partial charge in [-0.05, 0) is 24.3 Å². The molecule has 0 radical (unpaired) electrons. The van der Waals surface area contributed by atoms with E-state index >= 15 is 0 Å². The topological polar surface area (TPSA) is 74.5 Å². The number of hydrogen-bond donors (Lipinski definition) is 0. The molecule has 2 aromatic rings. The molecule has 1 aromatic carbocycles. The van der Waals surface area contributed by atoms with Crippen molar-refractivity contribution in [1.29, 1.82) is 0 Å². The number of carbonyl (C=O) groups is 1. The summed E-state index contributed by atoms with van der Waals surface area (Å²) in [5.74, 6) is 1.22. The van der Waals surface area contributed by atoms with E-state index in [4.69, 9.17) is 9.15 Å². The van der Waals surface area contributed by atoms with Crippen LogP contribution in [-0.4, -0.2) is 29.9 Å². The molecule has 0 aliphatic heterocycles.